The third kappa shape index (κ3) is 2.78. The second-order valence-corrected chi connectivity index (χ2v) is 5.79. The van der Waals surface area contributed by atoms with Crippen molar-refractivity contribution >= 4 is 11.9 Å². The third-order valence-electron chi connectivity index (χ3n) is 4.31. The third-order valence-corrected chi connectivity index (χ3v) is 4.31. The number of hydrogen-bond donors (Lipinski definition) is 1. The highest BCUT2D eigenvalue weighted by atomic mass is 16.5. The summed E-state index contributed by atoms with van der Waals surface area (Å²) in [6, 6.07) is 9.85. The summed E-state index contributed by atoms with van der Waals surface area (Å²) in [7, 11) is 0. The number of benzene rings is 1. The van der Waals surface area contributed by atoms with E-state index in [1.165, 1.54) is 0 Å². The van der Waals surface area contributed by atoms with Gasteiger partial charge in [0.05, 0.1) is 24.5 Å². The Morgan fingerprint density at radius 3 is 2.62 bits per heavy atom. The van der Waals surface area contributed by atoms with E-state index in [2.05, 4.69) is 0 Å². The molecule has 3 rings (SSSR count). The number of carbonyl (C=O) groups excluding carboxylic acids is 1. The van der Waals surface area contributed by atoms with Gasteiger partial charge in [-0.3, -0.25) is 9.59 Å². The predicted octanol–water partition coefficient (Wildman–Crippen LogP) is 1.42. The minimum atomic E-state index is -0.890. The van der Waals surface area contributed by atoms with Gasteiger partial charge in [0.2, 0.25) is 5.91 Å². The largest absolute Gasteiger partial charge is 0.481 e. The lowest BCUT2D eigenvalue weighted by Gasteiger charge is -2.35. The standard InChI is InChI=1S/C16H19NO4/c18-14(19)10-13-11-17(8-9-21-13)15(20)16(6-7-16)12-4-2-1-3-5-12/h1-5,13H,6-11H2,(H,18,19)/t13-/m0/s1. The summed E-state index contributed by atoms with van der Waals surface area (Å²) in [5.74, 6) is -0.772. The van der Waals surface area contributed by atoms with Gasteiger partial charge < -0.3 is 14.7 Å². The van der Waals surface area contributed by atoms with Crippen molar-refractivity contribution in [2.75, 3.05) is 19.7 Å². The van der Waals surface area contributed by atoms with Crippen molar-refractivity contribution < 1.29 is 19.4 Å². The molecular formula is C16H19NO4. The van der Waals surface area contributed by atoms with E-state index in [4.69, 9.17) is 9.84 Å². The molecule has 21 heavy (non-hydrogen) atoms. The smallest absolute Gasteiger partial charge is 0.306 e. The number of ether oxygens (including phenoxy) is 1. The molecule has 1 aliphatic carbocycles. The summed E-state index contributed by atoms with van der Waals surface area (Å²) in [5, 5.41) is 8.86. The summed E-state index contributed by atoms with van der Waals surface area (Å²) in [5.41, 5.74) is 0.683. The average molecular weight is 289 g/mol. The summed E-state index contributed by atoms with van der Waals surface area (Å²) in [6.07, 6.45) is 1.29. The second kappa shape index (κ2) is 5.48. The van der Waals surface area contributed by atoms with Crippen molar-refractivity contribution in [2.45, 2.75) is 30.8 Å². The van der Waals surface area contributed by atoms with Gasteiger partial charge in [0.15, 0.2) is 0 Å². The van der Waals surface area contributed by atoms with Crippen molar-refractivity contribution in [3.63, 3.8) is 0 Å². The number of rotatable bonds is 4. The highest BCUT2D eigenvalue weighted by molar-refractivity contribution is 5.91. The zero-order valence-corrected chi connectivity index (χ0v) is 11.8. The lowest BCUT2D eigenvalue weighted by atomic mass is 9.94. The fourth-order valence-corrected chi connectivity index (χ4v) is 3.03. The fraction of sp³-hybridized carbons (Fsp3) is 0.500. The van der Waals surface area contributed by atoms with Crippen LogP contribution in [0.4, 0.5) is 0 Å². The first-order valence-corrected chi connectivity index (χ1v) is 7.30. The van der Waals surface area contributed by atoms with Gasteiger partial charge in [0, 0.05) is 13.1 Å². The Morgan fingerprint density at radius 2 is 2.00 bits per heavy atom. The molecule has 1 amide bonds. The van der Waals surface area contributed by atoms with Crippen LogP contribution in [0.5, 0.6) is 0 Å². The van der Waals surface area contributed by atoms with Crippen molar-refractivity contribution in [2.24, 2.45) is 0 Å². The van der Waals surface area contributed by atoms with Crippen molar-refractivity contribution in [1.29, 1.82) is 0 Å². The maximum absolute atomic E-state index is 12.8. The van der Waals surface area contributed by atoms with Crippen LogP contribution in [-0.4, -0.2) is 47.7 Å². The molecule has 1 aromatic carbocycles. The van der Waals surface area contributed by atoms with Crippen LogP contribution < -0.4 is 0 Å². The number of carbonyl (C=O) groups is 2. The molecule has 1 atom stereocenters. The van der Waals surface area contributed by atoms with Crippen LogP contribution in [0.15, 0.2) is 30.3 Å². The van der Waals surface area contributed by atoms with Crippen molar-refractivity contribution in [3.05, 3.63) is 35.9 Å². The topological polar surface area (TPSA) is 66.8 Å². The molecule has 2 fully saturated rings. The monoisotopic (exact) mass is 289 g/mol. The fourth-order valence-electron chi connectivity index (χ4n) is 3.03. The van der Waals surface area contributed by atoms with Gasteiger partial charge in [-0.1, -0.05) is 30.3 Å². The molecule has 1 saturated heterocycles. The molecule has 5 heteroatoms. The van der Waals surface area contributed by atoms with Crippen LogP contribution in [0.2, 0.25) is 0 Å². The van der Waals surface area contributed by atoms with Crippen LogP contribution in [0.25, 0.3) is 0 Å². The summed E-state index contributed by atoms with van der Waals surface area (Å²) in [6.45, 7) is 1.33. The first kappa shape index (κ1) is 14.1. The van der Waals surface area contributed by atoms with Gasteiger partial charge in [0.25, 0.3) is 0 Å². The van der Waals surface area contributed by atoms with Crippen molar-refractivity contribution in [3.8, 4) is 0 Å². The van der Waals surface area contributed by atoms with Crippen LogP contribution in [0.3, 0.4) is 0 Å². The Hall–Kier alpha value is -1.88. The van der Waals surface area contributed by atoms with Crippen molar-refractivity contribution in [1.82, 2.24) is 4.90 Å². The van der Waals surface area contributed by atoms with E-state index in [-0.39, 0.29) is 17.7 Å². The quantitative estimate of drug-likeness (QED) is 0.910. The highest BCUT2D eigenvalue weighted by Gasteiger charge is 2.53. The normalized spacial score (nSPS) is 23.6. The Kier molecular flexibility index (Phi) is 3.68. The minimum absolute atomic E-state index is 0.0535. The second-order valence-electron chi connectivity index (χ2n) is 5.79. The van der Waals surface area contributed by atoms with Gasteiger partial charge in [-0.25, -0.2) is 0 Å². The Balaban J connectivity index is 1.72. The van der Waals surface area contributed by atoms with Gasteiger partial charge in [-0.05, 0) is 18.4 Å². The number of carboxylic acid groups (broad SMARTS) is 1. The lowest BCUT2D eigenvalue weighted by molar-refractivity contribution is -0.149. The first-order chi connectivity index (χ1) is 10.1. The molecule has 1 aromatic rings. The maximum atomic E-state index is 12.8. The molecule has 0 unspecified atom stereocenters. The highest BCUT2D eigenvalue weighted by Crippen LogP contribution is 2.49. The van der Waals surface area contributed by atoms with Gasteiger partial charge in [-0.15, -0.1) is 0 Å². The summed E-state index contributed by atoms with van der Waals surface area (Å²) in [4.78, 5) is 25.4. The number of amides is 1. The molecule has 0 aromatic heterocycles. The van der Waals surface area contributed by atoms with E-state index in [1.807, 2.05) is 30.3 Å². The average Bonchev–Trinajstić information content (AvgIpc) is 3.29. The van der Waals surface area contributed by atoms with Crippen LogP contribution in [0.1, 0.15) is 24.8 Å². The van der Waals surface area contributed by atoms with Gasteiger partial charge in [0.1, 0.15) is 0 Å². The molecular weight excluding hydrogens is 270 g/mol. The SMILES string of the molecule is O=C(O)C[C@H]1CN(C(=O)C2(c3ccccc3)CC2)CCO1. The number of carboxylic acids is 1. The molecule has 2 aliphatic rings. The first-order valence-electron chi connectivity index (χ1n) is 7.30. The van der Waals surface area contributed by atoms with E-state index < -0.39 is 12.1 Å². The number of morpholine rings is 1. The zero-order valence-electron chi connectivity index (χ0n) is 11.8. The van der Waals surface area contributed by atoms with E-state index in [0.717, 1.165) is 18.4 Å². The van der Waals surface area contributed by atoms with E-state index in [0.29, 0.717) is 19.7 Å². The Morgan fingerprint density at radius 1 is 1.29 bits per heavy atom. The van der Waals surface area contributed by atoms with Crippen LogP contribution in [0, 0.1) is 0 Å². The lowest BCUT2D eigenvalue weighted by Crippen LogP contribution is -2.49. The molecule has 1 N–H and O–H groups in total. The van der Waals surface area contributed by atoms with E-state index >= 15 is 0 Å². The van der Waals surface area contributed by atoms with Crippen LogP contribution >= 0.6 is 0 Å². The molecule has 0 spiro atoms. The molecule has 112 valence electrons. The van der Waals surface area contributed by atoms with Crippen LogP contribution in [-0.2, 0) is 19.7 Å². The van der Waals surface area contributed by atoms with E-state index in [9.17, 15) is 9.59 Å². The Labute approximate surface area is 123 Å². The molecule has 5 nitrogen and oxygen atoms in total. The van der Waals surface area contributed by atoms with Gasteiger partial charge in [-0.2, -0.15) is 0 Å². The van der Waals surface area contributed by atoms with Gasteiger partial charge >= 0.3 is 5.97 Å². The minimum Gasteiger partial charge on any atom is -0.481 e. The van der Waals surface area contributed by atoms with E-state index in [1.54, 1.807) is 4.90 Å². The molecule has 1 aliphatic heterocycles. The molecule has 0 radical (unpaired) electrons. The summed E-state index contributed by atoms with van der Waals surface area (Å²) >= 11 is 0. The molecule has 1 heterocycles. The zero-order chi connectivity index (χ0) is 14.9. The molecule has 1 saturated carbocycles. The number of hydrogen-bond acceptors (Lipinski definition) is 3. The maximum Gasteiger partial charge on any atom is 0.306 e. The Bertz CT molecular complexity index is 538. The molecule has 0 bridgehead atoms. The number of nitrogens with zero attached hydrogens (tertiary/aromatic N) is 1. The number of aliphatic carboxylic acids is 1. The predicted molar refractivity (Wildman–Crippen MR) is 75.9 cm³/mol. The summed E-state index contributed by atoms with van der Waals surface area (Å²) < 4.78 is 5.43.